The Balaban J connectivity index is 1.60. The summed E-state index contributed by atoms with van der Waals surface area (Å²) in [6, 6.07) is 17.4. The third-order valence-corrected chi connectivity index (χ3v) is 4.35. The molecule has 0 spiro atoms. The standard InChI is InChI=1S/C19H23N3O/c1-2-21-12-14-22(15-13-21)18-10-8-17(9-11-18)20-19(23)16-6-4-3-5-7-16/h3-11H,2,12-15H2,1H3,(H,20,23). The molecule has 0 aromatic heterocycles. The Morgan fingerprint density at radius 3 is 2.22 bits per heavy atom. The third kappa shape index (κ3) is 3.90. The molecule has 23 heavy (non-hydrogen) atoms. The molecule has 120 valence electrons. The van der Waals surface area contributed by atoms with Crippen LogP contribution in [0.1, 0.15) is 17.3 Å². The predicted octanol–water partition coefficient (Wildman–Crippen LogP) is 3.08. The Morgan fingerprint density at radius 2 is 1.61 bits per heavy atom. The van der Waals surface area contributed by atoms with Gasteiger partial charge >= 0.3 is 0 Å². The number of hydrogen-bond donors (Lipinski definition) is 1. The second-order valence-corrected chi connectivity index (χ2v) is 5.79. The van der Waals surface area contributed by atoms with E-state index < -0.39 is 0 Å². The van der Waals surface area contributed by atoms with Crippen LogP contribution in [0.4, 0.5) is 11.4 Å². The lowest BCUT2D eigenvalue weighted by molar-refractivity contribution is 0.102. The largest absolute Gasteiger partial charge is 0.369 e. The summed E-state index contributed by atoms with van der Waals surface area (Å²) in [5, 5.41) is 2.94. The topological polar surface area (TPSA) is 35.6 Å². The molecule has 1 N–H and O–H groups in total. The van der Waals surface area contributed by atoms with Gasteiger partial charge in [-0.25, -0.2) is 0 Å². The molecule has 0 atom stereocenters. The van der Waals surface area contributed by atoms with Crippen LogP contribution in [0.2, 0.25) is 0 Å². The van der Waals surface area contributed by atoms with Crippen LogP contribution >= 0.6 is 0 Å². The van der Waals surface area contributed by atoms with Crippen molar-refractivity contribution < 1.29 is 4.79 Å². The summed E-state index contributed by atoms with van der Waals surface area (Å²) in [4.78, 5) is 17.0. The molecule has 4 heteroatoms. The number of hydrogen-bond acceptors (Lipinski definition) is 3. The van der Waals surface area contributed by atoms with Crippen LogP contribution in [0.5, 0.6) is 0 Å². The van der Waals surface area contributed by atoms with E-state index in [2.05, 4.69) is 34.2 Å². The fourth-order valence-electron chi connectivity index (χ4n) is 2.87. The summed E-state index contributed by atoms with van der Waals surface area (Å²) in [6.45, 7) is 7.68. The highest BCUT2D eigenvalue weighted by Crippen LogP contribution is 2.20. The van der Waals surface area contributed by atoms with Crippen LogP contribution in [0.25, 0.3) is 0 Å². The van der Waals surface area contributed by atoms with E-state index in [1.807, 2.05) is 42.5 Å². The van der Waals surface area contributed by atoms with Crippen molar-refractivity contribution in [2.75, 3.05) is 42.9 Å². The van der Waals surface area contributed by atoms with E-state index in [0.717, 1.165) is 38.4 Å². The van der Waals surface area contributed by atoms with Gasteiger partial charge in [0.15, 0.2) is 0 Å². The Labute approximate surface area is 137 Å². The van der Waals surface area contributed by atoms with Gasteiger partial charge in [0.1, 0.15) is 0 Å². The van der Waals surface area contributed by atoms with E-state index in [1.165, 1.54) is 5.69 Å². The van der Waals surface area contributed by atoms with E-state index in [1.54, 1.807) is 0 Å². The van der Waals surface area contributed by atoms with Crippen LogP contribution in [0.15, 0.2) is 54.6 Å². The summed E-state index contributed by atoms with van der Waals surface area (Å²) >= 11 is 0. The number of benzene rings is 2. The Kier molecular flexibility index (Phi) is 4.93. The Hall–Kier alpha value is -2.33. The average molecular weight is 309 g/mol. The van der Waals surface area contributed by atoms with Gasteiger partial charge in [-0.15, -0.1) is 0 Å². The van der Waals surface area contributed by atoms with E-state index in [-0.39, 0.29) is 5.91 Å². The molecule has 1 amide bonds. The molecule has 1 saturated heterocycles. The van der Waals surface area contributed by atoms with E-state index in [4.69, 9.17) is 0 Å². The zero-order valence-electron chi connectivity index (χ0n) is 13.5. The van der Waals surface area contributed by atoms with Gasteiger partial charge in [-0.2, -0.15) is 0 Å². The minimum atomic E-state index is -0.0742. The van der Waals surface area contributed by atoms with Crippen molar-refractivity contribution in [1.82, 2.24) is 4.90 Å². The lowest BCUT2D eigenvalue weighted by Crippen LogP contribution is -2.46. The first-order valence-electron chi connectivity index (χ1n) is 8.20. The summed E-state index contributed by atoms with van der Waals surface area (Å²) < 4.78 is 0. The quantitative estimate of drug-likeness (QED) is 0.943. The zero-order chi connectivity index (χ0) is 16.1. The zero-order valence-corrected chi connectivity index (χ0v) is 13.5. The first-order chi connectivity index (χ1) is 11.3. The molecule has 2 aromatic rings. The van der Waals surface area contributed by atoms with Gasteiger partial charge in [0.05, 0.1) is 0 Å². The molecule has 1 aliphatic rings. The average Bonchev–Trinajstić information content (AvgIpc) is 2.63. The van der Waals surface area contributed by atoms with Crippen LogP contribution in [0, 0.1) is 0 Å². The van der Waals surface area contributed by atoms with Gasteiger partial charge < -0.3 is 15.1 Å². The van der Waals surface area contributed by atoms with Crippen LogP contribution in [0.3, 0.4) is 0 Å². The van der Waals surface area contributed by atoms with Crippen molar-refractivity contribution in [3.63, 3.8) is 0 Å². The Bertz CT molecular complexity index is 631. The van der Waals surface area contributed by atoms with Crippen LogP contribution < -0.4 is 10.2 Å². The van der Waals surface area contributed by atoms with E-state index >= 15 is 0 Å². The molecule has 4 nitrogen and oxygen atoms in total. The summed E-state index contributed by atoms with van der Waals surface area (Å²) in [5.74, 6) is -0.0742. The molecular weight excluding hydrogens is 286 g/mol. The summed E-state index contributed by atoms with van der Waals surface area (Å²) in [6.07, 6.45) is 0. The van der Waals surface area contributed by atoms with Crippen molar-refractivity contribution >= 4 is 17.3 Å². The number of rotatable bonds is 4. The molecule has 3 rings (SSSR count). The third-order valence-electron chi connectivity index (χ3n) is 4.35. The molecule has 0 saturated carbocycles. The van der Waals surface area contributed by atoms with E-state index in [9.17, 15) is 4.79 Å². The molecule has 0 unspecified atom stereocenters. The highest BCUT2D eigenvalue weighted by molar-refractivity contribution is 6.04. The second-order valence-electron chi connectivity index (χ2n) is 5.79. The van der Waals surface area contributed by atoms with Gasteiger partial charge in [0.2, 0.25) is 0 Å². The molecule has 0 bridgehead atoms. The minimum Gasteiger partial charge on any atom is -0.369 e. The van der Waals surface area contributed by atoms with Gasteiger partial charge in [-0.3, -0.25) is 4.79 Å². The first-order valence-corrected chi connectivity index (χ1v) is 8.20. The number of piperazine rings is 1. The van der Waals surface area contributed by atoms with Gasteiger partial charge in [-0.1, -0.05) is 25.1 Å². The Morgan fingerprint density at radius 1 is 0.957 bits per heavy atom. The maximum Gasteiger partial charge on any atom is 0.255 e. The summed E-state index contributed by atoms with van der Waals surface area (Å²) in [7, 11) is 0. The lowest BCUT2D eigenvalue weighted by atomic mass is 10.2. The molecule has 1 fully saturated rings. The monoisotopic (exact) mass is 309 g/mol. The number of anilines is 2. The molecule has 1 heterocycles. The minimum absolute atomic E-state index is 0.0742. The highest BCUT2D eigenvalue weighted by Gasteiger charge is 2.15. The smallest absolute Gasteiger partial charge is 0.255 e. The summed E-state index contributed by atoms with van der Waals surface area (Å²) in [5.41, 5.74) is 2.72. The molecular formula is C19H23N3O. The fraction of sp³-hybridized carbons (Fsp3) is 0.316. The molecule has 0 aliphatic carbocycles. The van der Waals surface area contributed by atoms with Crippen LogP contribution in [-0.4, -0.2) is 43.5 Å². The van der Waals surface area contributed by atoms with Crippen molar-refractivity contribution in [1.29, 1.82) is 0 Å². The number of carbonyl (C=O) groups excluding carboxylic acids is 1. The molecule has 1 aliphatic heterocycles. The van der Waals surface area contributed by atoms with Gasteiger partial charge in [0, 0.05) is 43.1 Å². The van der Waals surface area contributed by atoms with Crippen molar-refractivity contribution in [3.8, 4) is 0 Å². The van der Waals surface area contributed by atoms with Gasteiger partial charge in [0.25, 0.3) is 5.91 Å². The normalized spacial score (nSPS) is 15.4. The molecule has 2 aromatic carbocycles. The number of likely N-dealkylation sites (N-methyl/N-ethyl adjacent to an activating group) is 1. The highest BCUT2D eigenvalue weighted by atomic mass is 16.1. The van der Waals surface area contributed by atoms with Gasteiger partial charge in [-0.05, 0) is 42.9 Å². The SMILES string of the molecule is CCN1CCN(c2ccc(NC(=O)c3ccccc3)cc2)CC1. The first kappa shape index (κ1) is 15.6. The number of amides is 1. The van der Waals surface area contributed by atoms with Crippen molar-refractivity contribution in [3.05, 3.63) is 60.2 Å². The number of carbonyl (C=O) groups is 1. The predicted molar refractivity (Wildman–Crippen MR) is 95.2 cm³/mol. The van der Waals surface area contributed by atoms with Crippen molar-refractivity contribution in [2.45, 2.75) is 6.92 Å². The van der Waals surface area contributed by atoms with Crippen LogP contribution in [-0.2, 0) is 0 Å². The van der Waals surface area contributed by atoms with E-state index in [0.29, 0.717) is 5.56 Å². The second kappa shape index (κ2) is 7.29. The van der Waals surface area contributed by atoms with Crippen molar-refractivity contribution in [2.24, 2.45) is 0 Å². The maximum absolute atomic E-state index is 12.1. The fourth-order valence-corrected chi connectivity index (χ4v) is 2.87. The maximum atomic E-state index is 12.1. The lowest BCUT2D eigenvalue weighted by Gasteiger charge is -2.35. The number of nitrogens with one attached hydrogen (secondary N) is 1. The molecule has 0 radical (unpaired) electrons. The number of nitrogens with zero attached hydrogens (tertiary/aromatic N) is 2.